The number of likely N-dealkylation sites (tertiary alicyclic amines) is 1. The van der Waals surface area contributed by atoms with Gasteiger partial charge in [0.15, 0.2) is 0 Å². The Bertz CT molecular complexity index is 397. The molecule has 0 aromatic heterocycles. The van der Waals surface area contributed by atoms with Crippen molar-refractivity contribution in [3.63, 3.8) is 0 Å². The van der Waals surface area contributed by atoms with Crippen LogP contribution in [0, 0.1) is 23.7 Å². The molecule has 1 atom stereocenters. The molecular weight excluding hydrogens is 276 g/mol. The van der Waals surface area contributed by atoms with Crippen molar-refractivity contribution in [2.75, 3.05) is 19.6 Å². The fourth-order valence-corrected chi connectivity index (χ4v) is 5.89. The predicted molar refractivity (Wildman–Crippen MR) is 85.3 cm³/mol. The lowest BCUT2D eigenvalue weighted by atomic mass is 9.54. The van der Waals surface area contributed by atoms with Gasteiger partial charge in [-0.25, -0.2) is 0 Å². The SMILES string of the molecule is O=C(CN1CCCC(O)CC1)NC1C2CC3CC(C2)CC1C3. The maximum Gasteiger partial charge on any atom is 0.234 e. The number of nitrogens with one attached hydrogen (secondary N) is 1. The molecule has 1 saturated heterocycles. The van der Waals surface area contributed by atoms with Gasteiger partial charge in [-0.2, -0.15) is 0 Å². The molecule has 1 unspecified atom stereocenters. The van der Waals surface area contributed by atoms with Gasteiger partial charge >= 0.3 is 0 Å². The fraction of sp³-hybridized carbons (Fsp3) is 0.944. The molecule has 0 radical (unpaired) electrons. The van der Waals surface area contributed by atoms with Crippen LogP contribution in [-0.2, 0) is 4.79 Å². The van der Waals surface area contributed by atoms with Gasteiger partial charge in [0.1, 0.15) is 0 Å². The summed E-state index contributed by atoms with van der Waals surface area (Å²) in [6.45, 7) is 2.33. The van der Waals surface area contributed by atoms with Gasteiger partial charge in [-0.05, 0) is 81.6 Å². The number of hydrogen-bond acceptors (Lipinski definition) is 3. The molecule has 4 aliphatic carbocycles. The van der Waals surface area contributed by atoms with Gasteiger partial charge in [0.05, 0.1) is 12.6 Å². The second kappa shape index (κ2) is 6.12. The van der Waals surface area contributed by atoms with E-state index >= 15 is 0 Å². The Morgan fingerprint density at radius 3 is 2.36 bits per heavy atom. The van der Waals surface area contributed by atoms with Crippen LogP contribution in [0.3, 0.4) is 0 Å². The van der Waals surface area contributed by atoms with Crippen LogP contribution < -0.4 is 5.32 Å². The molecule has 4 bridgehead atoms. The zero-order chi connectivity index (χ0) is 15.1. The van der Waals surface area contributed by atoms with Crippen LogP contribution in [-0.4, -0.2) is 47.7 Å². The van der Waals surface area contributed by atoms with Crippen molar-refractivity contribution in [1.29, 1.82) is 0 Å². The van der Waals surface area contributed by atoms with Gasteiger partial charge in [-0.1, -0.05) is 0 Å². The van der Waals surface area contributed by atoms with Crippen LogP contribution in [0.2, 0.25) is 0 Å². The molecule has 4 saturated carbocycles. The summed E-state index contributed by atoms with van der Waals surface area (Å²) in [5.41, 5.74) is 0. The van der Waals surface area contributed by atoms with E-state index in [1.807, 2.05) is 0 Å². The predicted octanol–water partition coefficient (Wildman–Crippen LogP) is 1.77. The average Bonchev–Trinajstić information content (AvgIpc) is 2.67. The molecule has 4 nitrogen and oxygen atoms in total. The zero-order valence-corrected chi connectivity index (χ0v) is 13.5. The van der Waals surface area contributed by atoms with Crippen molar-refractivity contribution in [1.82, 2.24) is 10.2 Å². The Morgan fingerprint density at radius 2 is 1.68 bits per heavy atom. The lowest BCUT2D eigenvalue weighted by Gasteiger charge is -2.54. The monoisotopic (exact) mass is 306 g/mol. The van der Waals surface area contributed by atoms with Crippen LogP contribution in [0.4, 0.5) is 0 Å². The highest BCUT2D eigenvalue weighted by atomic mass is 16.3. The van der Waals surface area contributed by atoms with E-state index in [0.717, 1.165) is 56.0 Å². The fourth-order valence-electron chi connectivity index (χ4n) is 5.89. The Hall–Kier alpha value is -0.610. The summed E-state index contributed by atoms with van der Waals surface area (Å²) in [5.74, 6) is 3.65. The lowest BCUT2D eigenvalue weighted by Crippen LogP contribution is -2.57. The number of rotatable bonds is 3. The molecule has 0 aromatic rings. The van der Waals surface area contributed by atoms with Crippen molar-refractivity contribution in [2.24, 2.45) is 23.7 Å². The van der Waals surface area contributed by atoms with Crippen molar-refractivity contribution < 1.29 is 9.90 Å². The molecule has 1 amide bonds. The largest absolute Gasteiger partial charge is 0.393 e. The van der Waals surface area contributed by atoms with Crippen LogP contribution in [0.25, 0.3) is 0 Å². The number of amides is 1. The Balaban J connectivity index is 1.30. The summed E-state index contributed by atoms with van der Waals surface area (Å²) < 4.78 is 0. The third-order valence-corrected chi connectivity index (χ3v) is 6.71. The van der Waals surface area contributed by atoms with Crippen LogP contribution >= 0.6 is 0 Å². The molecule has 22 heavy (non-hydrogen) atoms. The number of aliphatic hydroxyl groups is 1. The summed E-state index contributed by atoms with van der Waals surface area (Å²) in [7, 11) is 0. The summed E-state index contributed by atoms with van der Waals surface area (Å²) in [6, 6.07) is 0.456. The Kier molecular flexibility index (Phi) is 4.16. The molecule has 124 valence electrons. The molecule has 0 aromatic carbocycles. The van der Waals surface area contributed by atoms with Gasteiger partial charge in [0.25, 0.3) is 0 Å². The Labute approximate surface area is 133 Å². The van der Waals surface area contributed by atoms with Crippen LogP contribution in [0.1, 0.15) is 51.4 Å². The van der Waals surface area contributed by atoms with E-state index in [1.165, 1.54) is 32.1 Å². The summed E-state index contributed by atoms with van der Waals surface area (Å²) in [5, 5.41) is 13.1. The van der Waals surface area contributed by atoms with Crippen molar-refractivity contribution >= 4 is 5.91 Å². The first-order valence-electron chi connectivity index (χ1n) is 9.37. The third-order valence-electron chi connectivity index (χ3n) is 6.71. The first-order valence-corrected chi connectivity index (χ1v) is 9.37. The first kappa shape index (κ1) is 14.9. The van der Waals surface area contributed by atoms with E-state index in [0.29, 0.717) is 12.6 Å². The summed E-state index contributed by atoms with van der Waals surface area (Å²) >= 11 is 0. The van der Waals surface area contributed by atoms with Gasteiger partial charge in [0, 0.05) is 12.6 Å². The molecule has 1 aliphatic heterocycles. The van der Waals surface area contributed by atoms with E-state index in [1.54, 1.807) is 0 Å². The van der Waals surface area contributed by atoms with E-state index in [4.69, 9.17) is 0 Å². The standard InChI is InChI=1S/C18H30N2O2/c21-16-2-1-4-20(5-3-16)11-17(22)19-18-14-7-12-6-13(9-14)10-15(18)8-12/h12-16,18,21H,1-11H2,(H,19,22). The highest BCUT2D eigenvalue weighted by Crippen LogP contribution is 2.53. The smallest absolute Gasteiger partial charge is 0.234 e. The highest BCUT2D eigenvalue weighted by molar-refractivity contribution is 5.78. The highest BCUT2D eigenvalue weighted by Gasteiger charge is 2.48. The van der Waals surface area contributed by atoms with Crippen LogP contribution in [0.15, 0.2) is 0 Å². The van der Waals surface area contributed by atoms with Gasteiger partial charge < -0.3 is 10.4 Å². The van der Waals surface area contributed by atoms with Gasteiger partial charge in [0.2, 0.25) is 5.91 Å². The second-order valence-electron chi connectivity index (χ2n) is 8.38. The maximum absolute atomic E-state index is 12.5. The van der Waals surface area contributed by atoms with Crippen molar-refractivity contribution in [3.8, 4) is 0 Å². The number of aliphatic hydroxyl groups excluding tert-OH is 1. The lowest BCUT2D eigenvalue weighted by molar-refractivity contribution is -0.126. The van der Waals surface area contributed by atoms with E-state index in [2.05, 4.69) is 10.2 Å². The second-order valence-corrected chi connectivity index (χ2v) is 8.38. The number of hydrogen-bond donors (Lipinski definition) is 2. The number of carbonyl (C=O) groups excluding carboxylic acids is 1. The van der Waals surface area contributed by atoms with Gasteiger partial charge in [-0.15, -0.1) is 0 Å². The topological polar surface area (TPSA) is 52.6 Å². The minimum atomic E-state index is -0.169. The molecule has 2 N–H and O–H groups in total. The van der Waals surface area contributed by atoms with Crippen molar-refractivity contribution in [2.45, 2.75) is 63.5 Å². The number of nitrogens with zero attached hydrogens (tertiary/aromatic N) is 1. The zero-order valence-electron chi connectivity index (χ0n) is 13.5. The van der Waals surface area contributed by atoms with E-state index in [9.17, 15) is 9.90 Å². The molecule has 5 rings (SSSR count). The third kappa shape index (κ3) is 3.05. The average molecular weight is 306 g/mol. The maximum atomic E-state index is 12.5. The summed E-state index contributed by atoms with van der Waals surface area (Å²) in [4.78, 5) is 14.7. The van der Waals surface area contributed by atoms with Crippen molar-refractivity contribution in [3.05, 3.63) is 0 Å². The van der Waals surface area contributed by atoms with Crippen LogP contribution in [0.5, 0.6) is 0 Å². The van der Waals surface area contributed by atoms with Gasteiger partial charge in [-0.3, -0.25) is 9.69 Å². The molecular formula is C18H30N2O2. The number of carbonyl (C=O) groups is 1. The Morgan fingerprint density at radius 1 is 1.00 bits per heavy atom. The van der Waals surface area contributed by atoms with E-state index in [-0.39, 0.29) is 12.0 Å². The molecule has 0 spiro atoms. The molecule has 1 heterocycles. The molecule has 5 aliphatic rings. The summed E-state index contributed by atoms with van der Waals surface area (Å²) in [6.07, 6.45) is 9.41. The van der Waals surface area contributed by atoms with E-state index < -0.39 is 0 Å². The molecule has 4 heteroatoms. The quantitative estimate of drug-likeness (QED) is 0.835. The minimum absolute atomic E-state index is 0.169. The minimum Gasteiger partial charge on any atom is -0.393 e. The first-order chi connectivity index (χ1) is 10.7. The normalized spacial score (nSPS) is 44.8. The molecule has 5 fully saturated rings.